The third kappa shape index (κ3) is 6.93. The molecular formula is C35H35N5OS. The zero-order valence-corrected chi connectivity index (χ0v) is 24.3. The van der Waals surface area contributed by atoms with Crippen LogP contribution in [0.1, 0.15) is 40.8 Å². The zero-order valence-electron chi connectivity index (χ0n) is 23.4. The number of imidazole rings is 1. The molecule has 3 N–H and O–H groups in total. The van der Waals surface area contributed by atoms with E-state index in [9.17, 15) is 4.79 Å². The predicted molar refractivity (Wildman–Crippen MR) is 172 cm³/mol. The smallest absolute Gasteiger partial charge is 0.238 e. The van der Waals surface area contributed by atoms with Crippen molar-refractivity contribution in [3.8, 4) is 0 Å². The Bertz CT molecular complexity index is 1460. The summed E-state index contributed by atoms with van der Waals surface area (Å²) in [5.41, 5.74) is 10.5. The normalized spacial score (nSPS) is 11.0. The van der Waals surface area contributed by atoms with Crippen LogP contribution in [0.5, 0.6) is 0 Å². The Morgan fingerprint density at radius 1 is 0.714 bits per heavy atom. The molecule has 0 saturated heterocycles. The first-order chi connectivity index (χ1) is 20.7. The van der Waals surface area contributed by atoms with E-state index in [2.05, 4.69) is 99.7 Å². The zero-order chi connectivity index (χ0) is 29.0. The van der Waals surface area contributed by atoms with Gasteiger partial charge in [0.2, 0.25) is 5.91 Å². The van der Waals surface area contributed by atoms with Crippen molar-refractivity contribution in [2.24, 2.45) is 0 Å². The molecule has 42 heavy (non-hydrogen) atoms. The van der Waals surface area contributed by atoms with Crippen molar-refractivity contribution >= 4 is 23.2 Å². The van der Waals surface area contributed by atoms with Crippen LogP contribution >= 0.6 is 12.2 Å². The molecule has 212 valence electrons. The SMILES string of the molecule is O=C(CCc1ccccc1)NNC(=S)NCCCc1cn(C(c2ccccc2)(c2ccccc2)c2ccccc2)cn1. The minimum atomic E-state index is -0.572. The van der Waals surface area contributed by atoms with E-state index in [1.54, 1.807) is 0 Å². The third-order valence-electron chi connectivity index (χ3n) is 7.29. The fourth-order valence-corrected chi connectivity index (χ4v) is 5.42. The van der Waals surface area contributed by atoms with Crippen LogP contribution in [0.3, 0.4) is 0 Å². The highest BCUT2D eigenvalue weighted by Crippen LogP contribution is 2.40. The van der Waals surface area contributed by atoms with E-state index in [-0.39, 0.29) is 5.91 Å². The first kappa shape index (κ1) is 28.8. The largest absolute Gasteiger partial charge is 0.361 e. The van der Waals surface area contributed by atoms with Gasteiger partial charge in [0.1, 0.15) is 5.54 Å². The number of nitrogens with one attached hydrogen (secondary N) is 3. The van der Waals surface area contributed by atoms with Gasteiger partial charge in [0, 0.05) is 19.2 Å². The lowest BCUT2D eigenvalue weighted by atomic mass is 9.77. The summed E-state index contributed by atoms with van der Waals surface area (Å²) in [5, 5.41) is 3.56. The Morgan fingerprint density at radius 3 is 1.79 bits per heavy atom. The molecule has 0 spiro atoms. The molecule has 0 aliphatic rings. The quantitative estimate of drug-likeness (QED) is 0.0809. The van der Waals surface area contributed by atoms with Gasteiger partial charge in [-0.05, 0) is 53.7 Å². The average Bonchev–Trinajstić information content (AvgIpc) is 3.52. The van der Waals surface area contributed by atoms with E-state index in [0.717, 1.165) is 40.8 Å². The lowest BCUT2D eigenvalue weighted by Crippen LogP contribution is -2.47. The highest BCUT2D eigenvalue weighted by molar-refractivity contribution is 7.80. The summed E-state index contributed by atoms with van der Waals surface area (Å²) in [5.74, 6) is -0.104. The minimum Gasteiger partial charge on any atom is -0.361 e. The molecule has 7 heteroatoms. The molecule has 0 aliphatic heterocycles. The Labute approximate surface area is 252 Å². The highest BCUT2D eigenvalue weighted by Gasteiger charge is 2.38. The Kier molecular flexibility index (Phi) is 9.75. The van der Waals surface area contributed by atoms with Gasteiger partial charge in [0.05, 0.1) is 12.0 Å². The fraction of sp³-hybridized carbons (Fsp3) is 0.171. The van der Waals surface area contributed by atoms with Gasteiger partial charge in [-0.2, -0.15) is 0 Å². The maximum atomic E-state index is 12.2. The summed E-state index contributed by atoms with van der Waals surface area (Å²) >= 11 is 5.34. The van der Waals surface area contributed by atoms with Crippen LogP contribution in [-0.4, -0.2) is 27.1 Å². The molecule has 0 bridgehead atoms. The molecule has 0 fully saturated rings. The Hall–Kier alpha value is -4.75. The number of aromatic nitrogens is 2. The van der Waals surface area contributed by atoms with Gasteiger partial charge in [-0.1, -0.05) is 121 Å². The average molecular weight is 574 g/mol. The molecule has 4 aromatic carbocycles. The van der Waals surface area contributed by atoms with Crippen LogP contribution in [0.15, 0.2) is 134 Å². The van der Waals surface area contributed by atoms with Crippen molar-refractivity contribution in [3.63, 3.8) is 0 Å². The summed E-state index contributed by atoms with van der Waals surface area (Å²) in [6.45, 7) is 0.653. The van der Waals surface area contributed by atoms with E-state index in [0.29, 0.717) is 24.5 Å². The molecule has 6 nitrogen and oxygen atoms in total. The van der Waals surface area contributed by atoms with Crippen molar-refractivity contribution in [2.75, 3.05) is 6.54 Å². The van der Waals surface area contributed by atoms with Crippen molar-refractivity contribution in [2.45, 2.75) is 31.2 Å². The third-order valence-corrected chi connectivity index (χ3v) is 7.54. The number of nitrogens with zero attached hydrogens (tertiary/aromatic N) is 2. The summed E-state index contributed by atoms with van der Waals surface area (Å²) in [6, 6.07) is 41.7. The number of amides is 1. The first-order valence-electron chi connectivity index (χ1n) is 14.2. The lowest BCUT2D eigenvalue weighted by Gasteiger charge is -2.37. The second-order valence-corrected chi connectivity index (χ2v) is 10.5. The van der Waals surface area contributed by atoms with Crippen LogP contribution in [-0.2, 0) is 23.2 Å². The van der Waals surface area contributed by atoms with Gasteiger partial charge >= 0.3 is 0 Å². The number of carbonyl (C=O) groups is 1. The van der Waals surface area contributed by atoms with Gasteiger partial charge < -0.3 is 9.88 Å². The van der Waals surface area contributed by atoms with E-state index in [1.165, 1.54) is 0 Å². The van der Waals surface area contributed by atoms with Gasteiger partial charge in [0.15, 0.2) is 5.11 Å². The maximum absolute atomic E-state index is 12.2. The molecule has 1 aromatic heterocycles. The standard InChI is InChI=1S/C35H35N5OS/c41-33(24-23-28-14-5-1-6-15-28)38-39-34(42)36-25-13-22-32-26-40(27-37-32)35(29-16-7-2-8-17-29,30-18-9-3-10-19-30)31-20-11-4-12-21-31/h1-12,14-21,26-27H,13,22-25H2,(H,38,41)(H2,36,39,42). The van der Waals surface area contributed by atoms with Crippen LogP contribution in [0.4, 0.5) is 0 Å². The van der Waals surface area contributed by atoms with Gasteiger partial charge in [-0.3, -0.25) is 15.6 Å². The van der Waals surface area contributed by atoms with Crippen molar-refractivity contribution in [1.82, 2.24) is 25.7 Å². The Morgan fingerprint density at radius 2 is 1.24 bits per heavy atom. The number of aryl methyl sites for hydroxylation is 2. The Balaban J connectivity index is 1.21. The predicted octanol–water partition coefficient (Wildman–Crippen LogP) is 5.78. The molecule has 0 saturated carbocycles. The van der Waals surface area contributed by atoms with Crippen LogP contribution < -0.4 is 16.2 Å². The molecule has 0 aliphatic carbocycles. The summed E-state index contributed by atoms with van der Waals surface area (Å²) in [7, 11) is 0. The van der Waals surface area contributed by atoms with E-state index >= 15 is 0 Å². The van der Waals surface area contributed by atoms with Gasteiger partial charge in [0.25, 0.3) is 0 Å². The monoisotopic (exact) mass is 573 g/mol. The number of rotatable bonds is 11. The molecule has 5 aromatic rings. The minimum absolute atomic E-state index is 0.104. The number of hydrogen-bond acceptors (Lipinski definition) is 3. The summed E-state index contributed by atoms with van der Waals surface area (Å²) in [6.07, 6.45) is 6.76. The molecule has 5 rings (SSSR count). The molecule has 1 heterocycles. The van der Waals surface area contributed by atoms with Crippen LogP contribution in [0, 0.1) is 0 Å². The lowest BCUT2D eigenvalue weighted by molar-refractivity contribution is -0.121. The highest BCUT2D eigenvalue weighted by atomic mass is 32.1. The first-order valence-corrected chi connectivity index (χ1v) is 14.6. The molecular weight excluding hydrogens is 538 g/mol. The van der Waals surface area contributed by atoms with Crippen molar-refractivity contribution in [1.29, 1.82) is 0 Å². The van der Waals surface area contributed by atoms with E-state index in [1.807, 2.05) is 54.9 Å². The van der Waals surface area contributed by atoms with Gasteiger partial charge in [-0.15, -0.1) is 0 Å². The number of hydrazine groups is 1. The summed E-state index contributed by atoms with van der Waals surface area (Å²) < 4.78 is 2.23. The van der Waals surface area contributed by atoms with Crippen LogP contribution in [0.25, 0.3) is 0 Å². The molecule has 0 unspecified atom stereocenters. The van der Waals surface area contributed by atoms with E-state index in [4.69, 9.17) is 17.2 Å². The second kappa shape index (κ2) is 14.2. The number of carbonyl (C=O) groups excluding carboxylic acids is 1. The second-order valence-electron chi connectivity index (χ2n) is 10.1. The molecule has 0 atom stereocenters. The van der Waals surface area contributed by atoms with Crippen molar-refractivity contribution < 1.29 is 4.79 Å². The van der Waals surface area contributed by atoms with E-state index < -0.39 is 5.54 Å². The number of benzene rings is 4. The van der Waals surface area contributed by atoms with Gasteiger partial charge in [-0.25, -0.2) is 4.98 Å². The topological polar surface area (TPSA) is 71.0 Å². The maximum Gasteiger partial charge on any atom is 0.238 e. The number of hydrogen-bond donors (Lipinski definition) is 3. The number of thiocarbonyl (C=S) groups is 1. The fourth-order valence-electron chi connectivity index (χ4n) is 5.27. The summed E-state index contributed by atoms with van der Waals surface area (Å²) in [4.78, 5) is 17.0. The molecule has 1 amide bonds. The van der Waals surface area contributed by atoms with Crippen LogP contribution in [0.2, 0.25) is 0 Å². The molecule has 0 radical (unpaired) electrons. The van der Waals surface area contributed by atoms with Crippen molar-refractivity contribution in [3.05, 3.63) is 162 Å².